The molecule has 0 aliphatic carbocycles. The Hall–Kier alpha value is -3.27. The fourth-order valence-corrected chi connectivity index (χ4v) is 4.88. The maximum Gasteiger partial charge on any atom is 0.294 e. The lowest BCUT2D eigenvalue weighted by Gasteiger charge is -2.34. The molecule has 0 radical (unpaired) electrons. The molecule has 0 saturated carbocycles. The summed E-state index contributed by atoms with van der Waals surface area (Å²) in [6, 6.07) is 3.77. The second-order valence-corrected chi connectivity index (χ2v) is 9.12. The highest BCUT2D eigenvalue weighted by atomic mass is 32.1. The second kappa shape index (κ2) is 9.30. The maximum atomic E-state index is 6.22. The smallest absolute Gasteiger partial charge is 0.294 e. The fourth-order valence-electron chi connectivity index (χ4n) is 4.07. The van der Waals surface area contributed by atoms with Crippen LogP contribution < -0.4 is 14.4 Å². The van der Waals surface area contributed by atoms with Crippen molar-refractivity contribution in [2.24, 2.45) is 5.92 Å². The number of rotatable bonds is 7. The van der Waals surface area contributed by atoms with Gasteiger partial charge >= 0.3 is 0 Å². The zero-order valence-corrected chi connectivity index (χ0v) is 19.8. The van der Waals surface area contributed by atoms with Gasteiger partial charge < -0.3 is 14.4 Å². The van der Waals surface area contributed by atoms with Crippen molar-refractivity contribution in [3.8, 4) is 22.3 Å². The van der Waals surface area contributed by atoms with Crippen LogP contribution in [-0.4, -0.2) is 55.9 Å². The monoisotopic (exact) mass is 465 g/mol. The number of aromatic nitrogens is 6. The van der Waals surface area contributed by atoms with Gasteiger partial charge in [0.25, 0.3) is 5.19 Å². The van der Waals surface area contributed by atoms with Crippen LogP contribution in [0.5, 0.6) is 11.1 Å². The number of hydrogen-bond acceptors (Lipinski definition) is 9. The lowest BCUT2D eigenvalue weighted by molar-refractivity contribution is 0.131. The molecule has 0 unspecified atom stereocenters. The lowest BCUT2D eigenvalue weighted by Crippen LogP contribution is -2.39. The Kier molecular flexibility index (Phi) is 6.08. The summed E-state index contributed by atoms with van der Waals surface area (Å²) in [4.78, 5) is 20.9. The molecule has 0 bridgehead atoms. The predicted molar refractivity (Wildman–Crippen MR) is 127 cm³/mol. The average Bonchev–Trinajstić information content (AvgIpc) is 3.43. The van der Waals surface area contributed by atoms with E-state index in [4.69, 9.17) is 9.47 Å². The second-order valence-electron chi connectivity index (χ2n) is 8.20. The molecular weight excluding hydrogens is 438 g/mol. The summed E-state index contributed by atoms with van der Waals surface area (Å²) in [5.41, 5.74) is 2.93. The van der Waals surface area contributed by atoms with Crippen molar-refractivity contribution in [3.63, 3.8) is 0 Å². The van der Waals surface area contributed by atoms with Crippen LogP contribution in [0.1, 0.15) is 32.3 Å². The van der Waals surface area contributed by atoms with Gasteiger partial charge in [0.1, 0.15) is 6.10 Å². The van der Waals surface area contributed by atoms with Crippen LogP contribution in [0, 0.1) is 5.92 Å². The van der Waals surface area contributed by atoms with Crippen LogP contribution in [0.15, 0.2) is 36.9 Å². The Morgan fingerprint density at radius 3 is 2.67 bits per heavy atom. The summed E-state index contributed by atoms with van der Waals surface area (Å²) in [5, 5.41) is 5.23. The summed E-state index contributed by atoms with van der Waals surface area (Å²) in [6.07, 6.45) is 10.6. The van der Waals surface area contributed by atoms with Gasteiger partial charge in [-0.2, -0.15) is 0 Å². The van der Waals surface area contributed by atoms with Crippen LogP contribution in [0.3, 0.4) is 0 Å². The minimum Gasteiger partial charge on any atom is -0.481 e. The van der Waals surface area contributed by atoms with Crippen molar-refractivity contribution < 1.29 is 9.47 Å². The number of hydrogen-bond donors (Lipinski definition) is 0. The number of pyridine rings is 1. The molecule has 10 heteroatoms. The van der Waals surface area contributed by atoms with Crippen molar-refractivity contribution in [2.45, 2.75) is 39.2 Å². The summed E-state index contributed by atoms with van der Waals surface area (Å²) in [6.45, 7) is 6.11. The molecule has 0 amide bonds. The van der Waals surface area contributed by atoms with E-state index in [1.165, 1.54) is 11.3 Å². The first-order chi connectivity index (χ1) is 16.1. The normalized spacial score (nSPS) is 15.7. The molecule has 4 aromatic heterocycles. The van der Waals surface area contributed by atoms with Gasteiger partial charge in [0.15, 0.2) is 0 Å². The third-order valence-corrected chi connectivity index (χ3v) is 6.95. The van der Waals surface area contributed by atoms with E-state index in [1.807, 2.05) is 30.7 Å². The van der Waals surface area contributed by atoms with Crippen LogP contribution in [-0.2, 0) is 6.42 Å². The first-order valence-corrected chi connectivity index (χ1v) is 12.0. The number of nitrogens with zero attached hydrogens (tertiary/aromatic N) is 7. The van der Waals surface area contributed by atoms with E-state index in [2.05, 4.69) is 43.8 Å². The Morgan fingerprint density at radius 2 is 1.97 bits per heavy atom. The first kappa shape index (κ1) is 21.6. The number of fused-ring (bicyclic) bond motifs is 1. The summed E-state index contributed by atoms with van der Waals surface area (Å²) in [7, 11) is 1.60. The highest BCUT2D eigenvalue weighted by Crippen LogP contribution is 2.30. The molecule has 9 nitrogen and oxygen atoms in total. The van der Waals surface area contributed by atoms with Gasteiger partial charge in [-0.05, 0) is 55.1 Å². The van der Waals surface area contributed by atoms with Gasteiger partial charge in [-0.25, -0.2) is 24.5 Å². The molecule has 4 aromatic rings. The number of imidazole rings is 1. The average molecular weight is 466 g/mol. The fraction of sp³-hybridized carbons (Fsp3) is 0.435. The van der Waals surface area contributed by atoms with Crippen molar-refractivity contribution in [1.82, 2.24) is 29.5 Å². The third kappa shape index (κ3) is 4.61. The van der Waals surface area contributed by atoms with Crippen molar-refractivity contribution >= 4 is 22.2 Å². The van der Waals surface area contributed by atoms with Gasteiger partial charge in [0.05, 0.1) is 19.0 Å². The van der Waals surface area contributed by atoms with Crippen LogP contribution in [0.4, 0.5) is 5.95 Å². The van der Waals surface area contributed by atoms with Gasteiger partial charge in [0.2, 0.25) is 16.8 Å². The van der Waals surface area contributed by atoms with E-state index in [9.17, 15) is 0 Å². The number of anilines is 1. The molecule has 1 saturated heterocycles. The molecule has 1 fully saturated rings. The van der Waals surface area contributed by atoms with E-state index in [0.717, 1.165) is 60.1 Å². The van der Waals surface area contributed by atoms with E-state index in [-0.39, 0.29) is 6.10 Å². The number of piperidine rings is 1. The van der Waals surface area contributed by atoms with Crippen molar-refractivity contribution in [1.29, 1.82) is 0 Å². The molecule has 0 aromatic carbocycles. The molecule has 172 valence electrons. The molecule has 1 aliphatic rings. The Balaban J connectivity index is 1.19. The molecule has 5 heterocycles. The molecule has 1 atom stereocenters. The number of aryl methyl sites for hydroxylation is 1. The standard InChI is InChI=1S/C23H27N7O2S/c1-4-16-12-25-21(26-13-16)29-9-6-17(7-10-29)15(2)32-23-28-30-14-19(27-22(30)33-23)18-5-8-24-20(11-18)31-3/h5,8,11-15,17H,4,6-7,9-10H2,1-3H3/t15-/m0/s1. The number of ether oxygens (including phenoxy) is 2. The minimum absolute atomic E-state index is 0.0790. The largest absolute Gasteiger partial charge is 0.481 e. The Labute approximate surface area is 196 Å². The Bertz CT molecular complexity index is 1180. The van der Waals surface area contributed by atoms with Crippen molar-refractivity contribution in [2.75, 3.05) is 25.1 Å². The van der Waals surface area contributed by atoms with Crippen molar-refractivity contribution in [3.05, 3.63) is 42.5 Å². The van der Waals surface area contributed by atoms with Gasteiger partial charge in [0, 0.05) is 43.3 Å². The van der Waals surface area contributed by atoms with Gasteiger partial charge in [-0.15, -0.1) is 5.10 Å². The zero-order valence-electron chi connectivity index (χ0n) is 19.0. The predicted octanol–water partition coefficient (Wildman–Crippen LogP) is 3.90. The van der Waals surface area contributed by atoms with Crippen LogP contribution in [0.2, 0.25) is 0 Å². The maximum absolute atomic E-state index is 6.22. The van der Waals surface area contributed by atoms with Gasteiger partial charge in [-0.3, -0.25) is 0 Å². The molecular formula is C23H27N7O2S. The molecule has 5 rings (SSSR count). The minimum atomic E-state index is 0.0790. The van der Waals surface area contributed by atoms with E-state index in [1.54, 1.807) is 17.8 Å². The van der Waals surface area contributed by atoms with E-state index >= 15 is 0 Å². The highest BCUT2D eigenvalue weighted by Gasteiger charge is 2.27. The summed E-state index contributed by atoms with van der Waals surface area (Å²) >= 11 is 1.46. The lowest BCUT2D eigenvalue weighted by atomic mass is 9.92. The van der Waals surface area contributed by atoms with Crippen LogP contribution >= 0.6 is 11.3 Å². The zero-order chi connectivity index (χ0) is 22.8. The quantitative estimate of drug-likeness (QED) is 0.406. The van der Waals surface area contributed by atoms with E-state index in [0.29, 0.717) is 17.0 Å². The highest BCUT2D eigenvalue weighted by molar-refractivity contribution is 7.18. The first-order valence-electron chi connectivity index (χ1n) is 11.2. The molecule has 1 aliphatic heterocycles. The molecule has 0 spiro atoms. The SMILES string of the molecule is CCc1cnc(N2CCC([C@H](C)Oc3nn4cc(-c5ccnc(OC)c5)nc4s3)CC2)nc1. The Morgan fingerprint density at radius 1 is 1.18 bits per heavy atom. The number of methoxy groups -OCH3 is 1. The third-order valence-electron chi connectivity index (χ3n) is 6.14. The summed E-state index contributed by atoms with van der Waals surface area (Å²) in [5.74, 6) is 1.85. The topological polar surface area (TPSA) is 90.6 Å². The van der Waals surface area contributed by atoms with Gasteiger partial charge in [-0.1, -0.05) is 6.92 Å². The molecule has 33 heavy (non-hydrogen) atoms. The molecule has 0 N–H and O–H groups in total. The van der Waals surface area contributed by atoms with Crippen LogP contribution in [0.25, 0.3) is 16.2 Å². The van der Waals surface area contributed by atoms with E-state index < -0.39 is 0 Å². The summed E-state index contributed by atoms with van der Waals surface area (Å²) < 4.78 is 13.2.